The topological polar surface area (TPSA) is 55.1 Å². The number of hydrogen-bond donors (Lipinski definition) is 2. The summed E-state index contributed by atoms with van der Waals surface area (Å²) >= 11 is 0. The summed E-state index contributed by atoms with van der Waals surface area (Å²) in [5.41, 5.74) is 8.71. The molecule has 20 heavy (non-hydrogen) atoms. The lowest BCUT2D eigenvalue weighted by molar-refractivity contribution is 0.0954. The van der Waals surface area contributed by atoms with Crippen molar-refractivity contribution in [1.29, 1.82) is 0 Å². The van der Waals surface area contributed by atoms with Gasteiger partial charge in [0.25, 0.3) is 5.91 Å². The monoisotopic (exact) mass is 268 g/mol. The second-order valence-corrected chi connectivity index (χ2v) is 4.90. The van der Waals surface area contributed by atoms with Crippen molar-refractivity contribution in [2.24, 2.45) is 5.73 Å². The number of nitrogens with one attached hydrogen (secondary N) is 1. The van der Waals surface area contributed by atoms with E-state index in [1.807, 2.05) is 49.4 Å². The summed E-state index contributed by atoms with van der Waals surface area (Å²) < 4.78 is 0. The standard InChI is InChI=1S/C17H20N2O/c1-13(18)15-7-9-16(10-8-15)17(20)19-12-11-14-5-3-2-4-6-14/h2-10,13H,11-12,18H2,1H3,(H,19,20). The van der Waals surface area contributed by atoms with E-state index >= 15 is 0 Å². The molecule has 3 nitrogen and oxygen atoms in total. The molecule has 0 aromatic heterocycles. The van der Waals surface area contributed by atoms with Gasteiger partial charge in [-0.1, -0.05) is 42.5 Å². The van der Waals surface area contributed by atoms with E-state index in [-0.39, 0.29) is 11.9 Å². The molecule has 0 aliphatic heterocycles. The SMILES string of the molecule is CC(N)c1ccc(C(=O)NCCc2ccccc2)cc1. The molecule has 2 aromatic rings. The first-order valence-electron chi connectivity index (χ1n) is 6.84. The third kappa shape index (κ3) is 3.93. The Morgan fingerprint density at radius 1 is 1.10 bits per heavy atom. The first-order chi connectivity index (χ1) is 9.66. The van der Waals surface area contributed by atoms with E-state index in [1.165, 1.54) is 5.56 Å². The maximum atomic E-state index is 12.0. The van der Waals surface area contributed by atoms with Crippen molar-refractivity contribution in [1.82, 2.24) is 5.32 Å². The zero-order valence-electron chi connectivity index (χ0n) is 11.7. The highest BCUT2D eigenvalue weighted by atomic mass is 16.1. The largest absolute Gasteiger partial charge is 0.352 e. The van der Waals surface area contributed by atoms with E-state index in [9.17, 15) is 4.79 Å². The van der Waals surface area contributed by atoms with Crippen molar-refractivity contribution in [3.63, 3.8) is 0 Å². The van der Waals surface area contributed by atoms with Crippen LogP contribution in [0.4, 0.5) is 0 Å². The quantitative estimate of drug-likeness (QED) is 0.876. The molecule has 3 heteroatoms. The molecule has 0 spiro atoms. The lowest BCUT2D eigenvalue weighted by Crippen LogP contribution is -2.25. The summed E-state index contributed by atoms with van der Waals surface area (Å²) in [4.78, 5) is 12.0. The van der Waals surface area contributed by atoms with Crippen LogP contribution >= 0.6 is 0 Å². The van der Waals surface area contributed by atoms with Gasteiger partial charge in [-0.25, -0.2) is 0 Å². The van der Waals surface area contributed by atoms with Crippen molar-refractivity contribution >= 4 is 5.91 Å². The minimum atomic E-state index is -0.0443. The average molecular weight is 268 g/mol. The summed E-state index contributed by atoms with van der Waals surface area (Å²) in [6, 6.07) is 17.5. The fraction of sp³-hybridized carbons (Fsp3) is 0.235. The molecule has 0 heterocycles. The summed E-state index contributed by atoms with van der Waals surface area (Å²) in [5.74, 6) is -0.0443. The Bertz CT molecular complexity index is 547. The number of carbonyl (C=O) groups is 1. The van der Waals surface area contributed by atoms with Crippen LogP contribution in [0, 0.1) is 0 Å². The lowest BCUT2D eigenvalue weighted by atomic mass is 10.1. The van der Waals surface area contributed by atoms with E-state index in [1.54, 1.807) is 0 Å². The van der Waals surface area contributed by atoms with E-state index in [4.69, 9.17) is 5.73 Å². The lowest BCUT2D eigenvalue weighted by Gasteiger charge is -2.08. The van der Waals surface area contributed by atoms with Gasteiger partial charge in [0.2, 0.25) is 0 Å². The summed E-state index contributed by atoms with van der Waals surface area (Å²) in [6.07, 6.45) is 0.838. The predicted molar refractivity (Wildman–Crippen MR) is 81.5 cm³/mol. The van der Waals surface area contributed by atoms with E-state index in [2.05, 4.69) is 17.4 Å². The van der Waals surface area contributed by atoms with Gasteiger partial charge in [-0.3, -0.25) is 4.79 Å². The molecule has 0 bridgehead atoms. The van der Waals surface area contributed by atoms with Crippen molar-refractivity contribution in [2.45, 2.75) is 19.4 Å². The molecule has 0 saturated heterocycles. The molecule has 0 aliphatic carbocycles. The van der Waals surface area contributed by atoms with Crippen LogP contribution in [0.2, 0.25) is 0 Å². The number of benzene rings is 2. The molecule has 104 valence electrons. The molecule has 1 atom stereocenters. The zero-order chi connectivity index (χ0) is 14.4. The van der Waals surface area contributed by atoms with Gasteiger partial charge in [-0.05, 0) is 36.6 Å². The first kappa shape index (κ1) is 14.3. The van der Waals surface area contributed by atoms with Gasteiger partial charge in [0.1, 0.15) is 0 Å². The maximum absolute atomic E-state index is 12.0. The fourth-order valence-electron chi connectivity index (χ4n) is 2.01. The number of nitrogens with two attached hydrogens (primary N) is 1. The van der Waals surface area contributed by atoms with Gasteiger partial charge >= 0.3 is 0 Å². The minimum absolute atomic E-state index is 0.00908. The number of hydrogen-bond acceptors (Lipinski definition) is 2. The smallest absolute Gasteiger partial charge is 0.251 e. The summed E-state index contributed by atoms with van der Waals surface area (Å²) in [5, 5.41) is 2.93. The Hall–Kier alpha value is -2.13. The highest BCUT2D eigenvalue weighted by Crippen LogP contribution is 2.10. The highest BCUT2D eigenvalue weighted by Gasteiger charge is 2.06. The first-order valence-corrected chi connectivity index (χ1v) is 6.84. The summed E-state index contributed by atoms with van der Waals surface area (Å²) in [7, 11) is 0. The number of rotatable bonds is 5. The van der Waals surface area contributed by atoms with Crippen LogP contribution in [0.25, 0.3) is 0 Å². The molecular weight excluding hydrogens is 248 g/mol. The second kappa shape index (κ2) is 6.87. The van der Waals surface area contributed by atoms with Crippen molar-refractivity contribution in [3.05, 3.63) is 71.3 Å². The molecule has 0 fully saturated rings. The fourth-order valence-corrected chi connectivity index (χ4v) is 2.01. The van der Waals surface area contributed by atoms with Gasteiger partial charge < -0.3 is 11.1 Å². The van der Waals surface area contributed by atoms with Crippen LogP contribution < -0.4 is 11.1 Å². The third-order valence-corrected chi connectivity index (χ3v) is 3.24. The predicted octanol–water partition coefficient (Wildman–Crippen LogP) is 2.68. The molecule has 2 rings (SSSR count). The Morgan fingerprint density at radius 2 is 1.75 bits per heavy atom. The van der Waals surface area contributed by atoms with E-state index in [0.29, 0.717) is 12.1 Å². The van der Waals surface area contributed by atoms with Crippen LogP contribution in [0.1, 0.15) is 34.5 Å². The normalized spacial score (nSPS) is 11.9. The average Bonchev–Trinajstić information content (AvgIpc) is 2.48. The van der Waals surface area contributed by atoms with Crippen molar-refractivity contribution < 1.29 is 4.79 Å². The van der Waals surface area contributed by atoms with Gasteiger partial charge in [-0.2, -0.15) is 0 Å². The molecule has 1 unspecified atom stereocenters. The molecule has 0 saturated carbocycles. The van der Waals surface area contributed by atoms with Crippen LogP contribution in [-0.2, 0) is 6.42 Å². The molecule has 2 aromatic carbocycles. The molecule has 1 amide bonds. The maximum Gasteiger partial charge on any atom is 0.251 e. The highest BCUT2D eigenvalue weighted by molar-refractivity contribution is 5.94. The Balaban J connectivity index is 1.85. The summed E-state index contributed by atoms with van der Waals surface area (Å²) in [6.45, 7) is 2.56. The van der Waals surface area contributed by atoms with Gasteiger partial charge in [0.15, 0.2) is 0 Å². The van der Waals surface area contributed by atoms with Crippen molar-refractivity contribution in [3.8, 4) is 0 Å². The van der Waals surface area contributed by atoms with E-state index in [0.717, 1.165) is 12.0 Å². The van der Waals surface area contributed by atoms with Crippen LogP contribution in [0.3, 0.4) is 0 Å². The molecule has 0 aliphatic rings. The Kier molecular flexibility index (Phi) is 4.91. The third-order valence-electron chi connectivity index (χ3n) is 3.24. The number of amides is 1. The van der Waals surface area contributed by atoms with Gasteiger partial charge in [0, 0.05) is 18.2 Å². The molecule has 3 N–H and O–H groups in total. The molecular formula is C17H20N2O. The number of carbonyl (C=O) groups excluding carboxylic acids is 1. The minimum Gasteiger partial charge on any atom is -0.352 e. The van der Waals surface area contributed by atoms with E-state index < -0.39 is 0 Å². The van der Waals surface area contributed by atoms with Gasteiger partial charge in [-0.15, -0.1) is 0 Å². The Labute approximate surface area is 119 Å². The van der Waals surface area contributed by atoms with Crippen LogP contribution in [0.5, 0.6) is 0 Å². The van der Waals surface area contributed by atoms with Gasteiger partial charge in [0.05, 0.1) is 0 Å². The zero-order valence-corrected chi connectivity index (χ0v) is 11.7. The Morgan fingerprint density at radius 3 is 2.35 bits per heavy atom. The van der Waals surface area contributed by atoms with Crippen LogP contribution in [0.15, 0.2) is 54.6 Å². The van der Waals surface area contributed by atoms with Crippen molar-refractivity contribution in [2.75, 3.05) is 6.54 Å². The molecule has 0 radical (unpaired) electrons. The van der Waals surface area contributed by atoms with Crippen LogP contribution in [-0.4, -0.2) is 12.5 Å². The second-order valence-electron chi connectivity index (χ2n) is 4.90.